The van der Waals surface area contributed by atoms with Crippen molar-refractivity contribution in [2.45, 2.75) is 32.2 Å². The van der Waals surface area contributed by atoms with Crippen molar-refractivity contribution in [3.05, 3.63) is 28.8 Å². The van der Waals surface area contributed by atoms with Crippen molar-refractivity contribution in [3.63, 3.8) is 0 Å². The van der Waals surface area contributed by atoms with E-state index in [1.165, 1.54) is 0 Å². The number of ether oxygens (including phenoxy) is 1. The number of nitrogens with zero attached hydrogens (tertiary/aromatic N) is 1. The number of piperidine rings is 1. The standard InChI is InChI=1S/C16H22ClNO3/c1-11-4-3-7-18(14(11)10-19)16(20)9-12-8-13(17)5-6-15(12)21-2/h5-6,8,11,14,19H,3-4,7,9-10H2,1-2H3. The van der Waals surface area contributed by atoms with Gasteiger partial charge in [0, 0.05) is 17.1 Å². The van der Waals surface area contributed by atoms with Gasteiger partial charge in [-0.15, -0.1) is 0 Å². The predicted molar refractivity (Wildman–Crippen MR) is 82.7 cm³/mol. The maximum atomic E-state index is 12.6. The number of aliphatic hydroxyl groups excluding tert-OH is 1. The number of carbonyl (C=O) groups excluding carboxylic acids is 1. The van der Waals surface area contributed by atoms with E-state index in [-0.39, 0.29) is 25.0 Å². The summed E-state index contributed by atoms with van der Waals surface area (Å²) < 4.78 is 5.28. The number of aliphatic hydroxyl groups is 1. The lowest BCUT2D eigenvalue weighted by atomic mass is 9.90. The second-order valence-corrected chi connectivity index (χ2v) is 6.03. The summed E-state index contributed by atoms with van der Waals surface area (Å²) >= 11 is 6.00. The number of hydrogen-bond donors (Lipinski definition) is 1. The summed E-state index contributed by atoms with van der Waals surface area (Å²) in [6.07, 6.45) is 2.28. The Hall–Kier alpha value is -1.26. The average Bonchev–Trinajstić information content (AvgIpc) is 2.47. The zero-order chi connectivity index (χ0) is 15.4. The van der Waals surface area contributed by atoms with Crippen LogP contribution in [0, 0.1) is 5.92 Å². The number of likely N-dealkylation sites (tertiary alicyclic amines) is 1. The third-order valence-electron chi connectivity index (χ3n) is 4.21. The molecule has 0 radical (unpaired) electrons. The van der Waals surface area contributed by atoms with E-state index < -0.39 is 0 Å². The molecule has 5 heteroatoms. The quantitative estimate of drug-likeness (QED) is 0.929. The molecule has 0 bridgehead atoms. The maximum absolute atomic E-state index is 12.6. The Morgan fingerprint density at radius 3 is 2.95 bits per heavy atom. The van der Waals surface area contributed by atoms with Crippen molar-refractivity contribution >= 4 is 17.5 Å². The molecule has 1 aromatic carbocycles. The topological polar surface area (TPSA) is 49.8 Å². The van der Waals surface area contributed by atoms with Gasteiger partial charge in [-0.2, -0.15) is 0 Å². The van der Waals surface area contributed by atoms with E-state index in [9.17, 15) is 9.90 Å². The molecular formula is C16H22ClNO3. The minimum atomic E-state index is -0.0866. The normalized spacial score (nSPS) is 22.2. The highest BCUT2D eigenvalue weighted by Gasteiger charge is 2.31. The molecular weight excluding hydrogens is 290 g/mol. The van der Waals surface area contributed by atoms with Gasteiger partial charge in [-0.05, 0) is 37.0 Å². The molecule has 4 nitrogen and oxygen atoms in total. The number of rotatable bonds is 4. The summed E-state index contributed by atoms with van der Waals surface area (Å²) in [5.74, 6) is 1.01. The summed E-state index contributed by atoms with van der Waals surface area (Å²) in [7, 11) is 1.58. The van der Waals surface area contributed by atoms with Gasteiger partial charge in [0.1, 0.15) is 5.75 Å². The molecule has 116 valence electrons. The van der Waals surface area contributed by atoms with E-state index in [1.54, 1.807) is 30.2 Å². The second kappa shape index (κ2) is 7.14. The van der Waals surface area contributed by atoms with Crippen molar-refractivity contribution in [2.75, 3.05) is 20.3 Å². The summed E-state index contributed by atoms with van der Waals surface area (Å²) in [6, 6.07) is 5.19. The van der Waals surface area contributed by atoms with Crippen LogP contribution in [0.4, 0.5) is 0 Å². The molecule has 1 aliphatic heterocycles. The van der Waals surface area contributed by atoms with Crippen LogP contribution in [0.1, 0.15) is 25.3 Å². The number of carbonyl (C=O) groups is 1. The number of halogens is 1. The Morgan fingerprint density at radius 1 is 1.52 bits per heavy atom. The zero-order valence-corrected chi connectivity index (χ0v) is 13.3. The van der Waals surface area contributed by atoms with E-state index in [0.717, 1.165) is 18.4 Å². The van der Waals surface area contributed by atoms with Crippen molar-refractivity contribution in [1.29, 1.82) is 0 Å². The first kappa shape index (κ1) is 16.1. The van der Waals surface area contributed by atoms with E-state index >= 15 is 0 Å². The van der Waals surface area contributed by atoms with Crippen LogP contribution in [0.5, 0.6) is 5.75 Å². The van der Waals surface area contributed by atoms with E-state index in [2.05, 4.69) is 6.92 Å². The molecule has 1 aromatic rings. The molecule has 21 heavy (non-hydrogen) atoms. The highest BCUT2D eigenvalue weighted by Crippen LogP contribution is 2.27. The van der Waals surface area contributed by atoms with Crippen LogP contribution >= 0.6 is 11.6 Å². The SMILES string of the molecule is COc1ccc(Cl)cc1CC(=O)N1CCCC(C)C1CO. The van der Waals surface area contributed by atoms with Gasteiger partial charge in [-0.3, -0.25) is 4.79 Å². The molecule has 0 saturated carbocycles. The fraction of sp³-hybridized carbons (Fsp3) is 0.562. The van der Waals surface area contributed by atoms with Crippen LogP contribution in [-0.4, -0.2) is 42.2 Å². The Kier molecular flexibility index (Phi) is 5.48. The van der Waals surface area contributed by atoms with Crippen molar-refractivity contribution in [2.24, 2.45) is 5.92 Å². The van der Waals surface area contributed by atoms with Crippen LogP contribution in [0.3, 0.4) is 0 Å². The van der Waals surface area contributed by atoms with Gasteiger partial charge in [-0.25, -0.2) is 0 Å². The lowest BCUT2D eigenvalue weighted by Crippen LogP contribution is -2.50. The number of hydrogen-bond acceptors (Lipinski definition) is 3. The molecule has 0 spiro atoms. The molecule has 1 aliphatic rings. The molecule has 0 aliphatic carbocycles. The van der Waals surface area contributed by atoms with Gasteiger partial charge in [0.2, 0.25) is 5.91 Å². The molecule has 1 N–H and O–H groups in total. The molecule has 2 atom stereocenters. The number of benzene rings is 1. The summed E-state index contributed by atoms with van der Waals surface area (Å²) in [6.45, 7) is 2.80. The van der Waals surface area contributed by atoms with Crippen LogP contribution in [0.25, 0.3) is 0 Å². The molecule has 1 saturated heterocycles. The van der Waals surface area contributed by atoms with Gasteiger partial charge >= 0.3 is 0 Å². The first-order valence-corrected chi connectivity index (χ1v) is 7.67. The Labute approximate surface area is 130 Å². The maximum Gasteiger partial charge on any atom is 0.227 e. The molecule has 0 aromatic heterocycles. The van der Waals surface area contributed by atoms with Gasteiger partial charge in [0.25, 0.3) is 0 Å². The molecule has 2 unspecified atom stereocenters. The predicted octanol–water partition coefficient (Wildman–Crippen LogP) is 2.51. The third-order valence-corrected chi connectivity index (χ3v) is 4.44. The minimum Gasteiger partial charge on any atom is -0.496 e. The third kappa shape index (κ3) is 3.69. The molecule has 1 heterocycles. The largest absolute Gasteiger partial charge is 0.496 e. The summed E-state index contributed by atoms with van der Waals surface area (Å²) in [5.41, 5.74) is 0.782. The fourth-order valence-corrected chi connectivity index (χ4v) is 3.18. The molecule has 1 amide bonds. The molecule has 1 fully saturated rings. The Balaban J connectivity index is 2.15. The summed E-state index contributed by atoms with van der Waals surface area (Å²) in [4.78, 5) is 14.4. The molecule has 2 rings (SSSR count). The van der Waals surface area contributed by atoms with E-state index in [1.807, 2.05) is 0 Å². The first-order valence-electron chi connectivity index (χ1n) is 7.29. The van der Waals surface area contributed by atoms with Crippen molar-refractivity contribution in [1.82, 2.24) is 4.90 Å². The van der Waals surface area contributed by atoms with Crippen molar-refractivity contribution < 1.29 is 14.6 Å². The van der Waals surface area contributed by atoms with Crippen LogP contribution in [0.2, 0.25) is 5.02 Å². The minimum absolute atomic E-state index is 0.0135. The van der Waals surface area contributed by atoms with E-state index in [0.29, 0.717) is 23.2 Å². The van der Waals surface area contributed by atoms with Gasteiger partial charge < -0.3 is 14.7 Å². The highest BCUT2D eigenvalue weighted by atomic mass is 35.5. The number of methoxy groups -OCH3 is 1. The van der Waals surface area contributed by atoms with Crippen molar-refractivity contribution in [3.8, 4) is 5.75 Å². The lowest BCUT2D eigenvalue weighted by molar-refractivity contribution is -0.136. The van der Waals surface area contributed by atoms with E-state index in [4.69, 9.17) is 16.3 Å². The second-order valence-electron chi connectivity index (χ2n) is 5.59. The van der Waals surface area contributed by atoms with Crippen LogP contribution in [-0.2, 0) is 11.2 Å². The monoisotopic (exact) mass is 311 g/mol. The fourth-order valence-electron chi connectivity index (χ4n) is 2.99. The number of amides is 1. The Morgan fingerprint density at radius 2 is 2.29 bits per heavy atom. The van der Waals surface area contributed by atoms with Gasteiger partial charge in [0.15, 0.2) is 0 Å². The first-order chi connectivity index (χ1) is 10.1. The van der Waals surface area contributed by atoms with Crippen LogP contribution in [0.15, 0.2) is 18.2 Å². The zero-order valence-electron chi connectivity index (χ0n) is 12.5. The average molecular weight is 312 g/mol. The summed E-state index contributed by atoms with van der Waals surface area (Å²) in [5, 5.41) is 10.1. The smallest absolute Gasteiger partial charge is 0.227 e. The Bertz CT molecular complexity index is 506. The lowest BCUT2D eigenvalue weighted by Gasteiger charge is -2.39. The van der Waals surface area contributed by atoms with Gasteiger partial charge in [0.05, 0.1) is 26.2 Å². The highest BCUT2D eigenvalue weighted by molar-refractivity contribution is 6.30. The van der Waals surface area contributed by atoms with Gasteiger partial charge in [-0.1, -0.05) is 18.5 Å². The van der Waals surface area contributed by atoms with Crippen LogP contribution < -0.4 is 4.74 Å².